The molecule has 0 aliphatic rings. The van der Waals surface area contributed by atoms with Gasteiger partial charge in [0.2, 0.25) is 0 Å². The summed E-state index contributed by atoms with van der Waals surface area (Å²) in [6.07, 6.45) is 1.65. The first-order chi connectivity index (χ1) is 13.1. The number of hydrogen-bond donors (Lipinski definition) is 2. The highest BCUT2D eigenvalue weighted by Crippen LogP contribution is 2.27. The Bertz CT molecular complexity index is 1000. The molecule has 1 amide bonds. The maximum atomic E-state index is 10.8. The summed E-state index contributed by atoms with van der Waals surface area (Å²) >= 11 is 0. The molecular weight excluding hydrogens is 344 g/mol. The Morgan fingerprint density at radius 3 is 2.81 bits per heavy atom. The molecule has 0 aliphatic heterocycles. The first-order valence-corrected chi connectivity index (χ1v) is 8.31. The van der Waals surface area contributed by atoms with Crippen molar-refractivity contribution in [2.24, 2.45) is 10.8 Å². The summed E-state index contributed by atoms with van der Waals surface area (Å²) < 4.78 is 10.6. The minimum atomic E-state index is -0.551. The van der Waals surface area contributed by atoms with Crippen LogP contribution < -0.4 is 20.6 Å². The van der Waals surface area contributed by atoms with E-state index in [2.05, 4.69) is 15.5 Å². The fourth-order valence-electron chi connectivity index (χ4n) is 2.61. The molecule has 0 saturated heterocycles. The number of aromatic nitrogens is 1. The number of fused-ring (bicyclic) bond motifs is 1. The van der Waals surface area contributed by atoms with Crippen LogP contribution in [0.4, 0.5) is 5.82 Å². The van der Waals surface area contributed by atoms with Crippen LogP contribution in [0, 0.1) is 6.92 Å². The Balaban J connectivity index is 1.73. The van der Waals surface area contributed by atoms with E-state index < -0.39 is 5.91 Å². The summed E-state index contributed by atoms with van der Waals surface area (Å²) in [5.41, 5.74) is 10.9. The molecule has 0 unspecified atom stereocenters. The van der Waals surface area contributed by atoms with Crippen molar-refractivity contribution < 1.29 is 14.3 Å². The van der Waals surface area contributed by atoms with E-state index in [1.807, 2.05) is 37.3 Å². The van der Waals surface area contributed by atoms with Crippen LogP contribution in [0.15, 0.2) is 53.6 Å². The van der Waals surface area contributed by atoms with Crippen molar-refractivity contribution in [3.63, 3.8) is 0 Å². The highest BCUT2D eigenvalue weighted by atomic mass is 16.5. The van der Waals surface area contributed by atoms with Gasteiger partial charge in [-0.25, -0.2) is 4.98 Å². The molecule has 1 heterocycles. The summed E-state index contributed by atoms with van der Waals surface area (Å²) in [5, 5.41) is 5.35. The lowest BCUT2D eigenvalue weighted by molar-refractivity contribution is -0.119. The number of pyridine rings is 1. The van der Waals surface area contributed by atoms with Gasteiger partial charge in [-0.15, -0.1) is 0 Å². The van der Waals surface area contributed by atoms with Crippen LogP contribution in [-0.2, 0) is 4.79 Å². The lowest BCUT2D eigenvalue weighted by atomic mass is 10.1. The van der Waals surface area contributed by atoms with Crippen molar-refractivity contribution in [2.75, 3.05) is 19.1 Å². The summed E-state index contributed by atoms with van der Waals surface area (Å²) in [6, 6.07) is 15.1. The van der Waals surface area contributed by atoms with Gasteiger partial charge in [0.05, 0.1) is 18.8 Å². The van der Waals surface area contributed by atoms with E-state index in [1.54, 1.807) is 24.4 Å². The van der Waals surface area contributed by atoms with Crippen molar-refractivity contribution in [1.82, 2.24) is 4.98 Å². The number of amides is 1. The summed E-state index contributed by atoms with van der Waals surface area (Å²) in [7, 11) is 1.52. The Kier molecular flexibility index (Phi) is 5.51. The molecule has 138 valence electrons. The van der Waals surface area contributed by atoms with Gasteiger partial charge in [-0.3, -0.25) is 10.2 Å². The molecule has 7 heteroatoms. The quantitative estimate of drug-likeness (QED) is 0.496. The van der Waals surface area contributed by atoms with Gasteiger partial charge in [-0.2, -0.15) is 5.10 Å². The number of carbonyl (C=O) groups excluding carboxylic acids is 1. The largest absolute Gasteiger partial charge is 0.493 e. The topological polar surface area (TPSA) is 98.8 Å². The zero-order chi connectivity index (χ0) is 19.2. The second-order valence-electron chi connectivity index (χ2n) is 5.88. The van der Waals surface area contributed by atoms with Gasteiger partial charge in [-0.05, 0) is 48.4 Å². The van der Waals surface area contributed by atoms with Gasteiger partial charge >= 0.3 is 0 Å². The molecule has 3 N–H and O–H groups in total. The highest BCUT2D eigenvalue weighted by Gasteiger charge is 2.06. The van der Waals surface area contributed by atoms with Gasteiger partial charge in [-0.1, -0.05) is 18.2 Å². The number of hydrazone groups is 1. The molecule has 0 aliphatic carbocycles. The second kappa shape index (κ2) is 8.18. The number of methoxy groups -OCH3 is 1. The van der Waals surface area contributed by atoms with E-state index in [9.17, 15) is 4.79 Å². The number of rotatable bonds is 7. The summed E-state index contributed by atoms with van der Waals surface area (Å²) in [4.78, 5) is 15.4. The maximum Gasteiger partial charge on any atom is 0.255 e. The normalized spacial score (nSPS) is 10.9. The van der Waals surface area contributed by atoms with Gasteiger partial charge in [0, 0.05) is 5.39 Å². The monoisotopic (exact) mass is 364 g/mol. The molecule has 3 rings (SSSR count). The molecule has 3 aromatic rings. The molecule has 27 heavy (non-hydrogen) atoms. The van der Waals surface area contributed by atoms with E-state index in [1.165, 1.54) is 7.11 Å². The Hall–Kier alpha value is -3.61. The Morgan fingerprint density at radius 2 is 2.04 bits per heavy atom. The number of hydrogen-bond acceptors (Lipinski definition) is 6. The summed E-state index contributed by atoms with van der Waals surface area (Å²) in [5.74, 6) is 1.04. The van der Waals surface area contributed by atoms with Crippen molar-refractivity contribution in [3.05, 3.63) is 59.7 Å². The number of nitrogens with zero attached hydrogens (tertiary/aromatic N) is 2. The predicted molar refractivity (Wildman–Crippen MR) is 105 cm³/mol. The third kappa shape index (κ3) is 4.52. The lowest BCUT2D eigenvalue weighted by Crippen LogP contribution is -2.20. The van der Waals surface area contributed by atoms with E-state index in [4.69, 9.17) is 15.2 Å². The van der Waals surface area contributed by atoms with Crippen molar-refractivity contribution in [3.8, 4) is 11.5 Å². The van der Waals surface area contributed by atoms with Gasteiger partial charge in [0.15, 0.2) is 18.1 Å². The number of anilines is 1. The molecule has 0 saturated carbocycles. The molecule has 0 fully saturated rings. The number of primary amides is 1. The Labute approximate surface area is 156 Å². The van der Waals surface area contributed by atoms with E-state index in [-0.39, 0.29) is 6.61 Å². The minimum absolute atomic E-state index is 0.210. The molecule has 7 nitrogen and oxygen atoms in total. The molecule has 0 spiro atoms. The van der Waals surface area contributed by atoms with Gasteiger partial charge < -0.3 is 15.2 Å². The minimum Gasteiger partial charge on any atom is -0.493 e. The first-order valence-electron chi connectivity index (χ1n) is 8.31. The molecule has 0 bridgehead atoms. The zero-order valence-corrected chi connectivity index (χ0v) is 15.1. The third-order valence-electron chi connectivity index (χ3n) is 3.87. The second-order valence-corrected chi connectivity index (χ2v) is 5.88. The Morgan fingerprint density at radius 1 is 1.22 bits per heavy atom. The molecule has 0 radical (unpaired) electrons. The van der Waals surface area contributed by atoms with Crippen molar-refractivity contribution in [2.45, 2.75) is 6.92 Å². The van der Waals surface area contributed by atoms with E-state index in [0.29, 0.717) is 17.3 Å². The van der Waals surface area contributed by atoms with Crippen molar-refractivity contribution in [1.29, 1.82) is 0 Å². The third-order valence-corrected chi connectivity index (χ3v) is 3.87. The maximum absolute atomic E-state index is 10.8. The molecule has 2 aromatic carbocycles. The smallest absolute Gasteiger partial charge is 0.255 e. The van der Waals surface area contributed by atoms with Crippen molar-refractivity contribution >= 4 is 28.8 Å². The van der Waals surface area contributed by atoms with Crippen LogP contribution in [0.5, 0.6) is 11.5 Å². The van der Waals surface area contributed by atoms with Crippen LogP contribution >= 0.6 is 0 Å². The van der Waals surface area contributed by atoms with E-state index >= 15 is 0 Å². The van der Waals surface area contributed by atoms with Crippen LogP contribution in [0.3, 0.4) is 0 Å². The number of ether oxygens (including phenoxy) is 2. The average Bonchev–Trinajstić information content (AvgIpc) is 2.66. The lowest BCUT2D eigenvalue weighted by Gasteiger charge is -2.10. The van der Waals surface area contributed by atoms with Gasteiger partial charge in [0.1, 0.15) is 5.82 Å². The highest BCUT2D eigenvalue weighted by molar-refractivity contribution is 5.84. The predicted octanol–water partition coefficient (Wildman–Crippen LogP) is 2.86. The van der Waals surface area contributed by atoms with Crippen LogP contribution in [0.2, 0.25) is 0 Å². The number of para-hydroxylation sites is 1. The number of carbonyl (C=O) groups is 1. The molecule has 0 atom stereocenters. The first kappa shape index (κ1) is 18.2. The number of benzene rings is 2. The number of nitrogens with one attached hydrogen (secondary N) is 1. The van der Waals surface area contributed by atoms with Crippen LogP contribution in [0.1, 0.15) is 11.1 Å². The fraction of sp³-hybridized carbons (Fsp3) is 0.150. The van der Waals surface area contributed by atoms with Crippen LogP contribution in [0.25, 0.3) is 10.9 Å². The standard InChI is InChI=1S/C20H20N4O3/c1-13-9-20(23-16-6-4-3-5-15(13)16)24-22-11-14-7-8-17(18(10-14)26-2)27-12-19(21)25/h3-11H,12H2,1-2H3,(H2,21,25)(H,23,24)/b22-11+. The van der Waals surface area contributed by atoms with Crippen LogP contribution in [-0.4, -0.2) is 30.8 Å². The molecule has 1 aromatic heterocycles. The SMILES string of the molecule is COc1cc(/C=N/Nc2cc(C)c3ccccc3n2)ccc1OCC(N)=O. The molecular formula is C20H20N4O3. The van der Waals surface area contributed by atoms with Gasteiger partial charge in [0.25, 0.3) is 5.91 Å². The average molecular weight is 364 g/mol. The number of aryl methyl sites for hydroxylation is 1. The van der Waals surface area contributed by atoms with E-state index in [0.717, 1.165) is 22.0 Å². The summed E-state index contributed by atoms with van der Waals surface area (Å²) in [6.45, 7) is 1.83. The zero-order valence-electron chi connectivity index (χ0n) is 15.1. The fourth-order valence-corrected chi connectivity index (χ4v) is 2.61. The number of nitrogens with two attached hydrogens (primary N) is 1.